The molecule has 1 rings (SSSR count). The highest BCUT2D eigenvalue weighted by Gasteiger charge is 2.24. The van der Waals surface area contributed by atoms with Gasteiger partial charge in [0.25, 0.3) is 0 Å². The molecule has 0 amide bonds. The SMILES string of the molecule is C=CCCCC1CCSC1=NC(C)(C)C. The maximum atomic E-state index is 4.82. The van der Waals surface area contributed by atoms with Gasteiger partial charge in [-0.3, -0.25) is 4.99 Å². The Morgan fingerprint density at radius 1 is 1.53 bits per heavy atom. The molecular formula is C13H23NS. The normalized spacial score (nSPS) is 24.7. The smallest absolute Gasteiger partial charge is 0.0713 e. The van der Waals surface area contributed by atoms with Gasteiger partial charge >= 0.3 is 0 Å². The number of allylic oxidation sites excluding steroid dienone is 1. The molecule has 1 heterocycles. The van der Waals surface area contributed by atoms with E-state index in [1.165, 1.54) is 30.1 Å². The number of hydrogen-bond donors (Lipinski definition) is 0. The predicted octanol–water partition coefficient (Wildman–Crippen LogP) is 4.29. The van der Waals surface area contributed by atoms with Gasteiger partial charge in [-0.05, 0) is 52.2 Å². The van der Waals surface area contributed by atoms with E-state index in [2.05, 4.69) is 27.4 Å². The van der Waals surface area contributed by atoms with Crippen molar-refractivity contribution in [3.63, 3.8) is 0 Å². The van der Waals surface area contributed by atoms with Gasteiger partial charge in [0, 0.05) is 5.92 Å². The maximum Gasteiger partial charge on any atom is 0.0713 e. The highest BCUT2D eigenvalue weighted by molar-refractivity contribution is 8.14. The molecule has 15 heavy (non-hydrogen) atoms. The molecule has 1 aliphatic rings. The molecule has 1 aliphatic heterocycles. The summed E-state index contributed by atoms with van der Waals surface area (Å²) < 4.78 is 0. The first-order valence-corrected chi connectivity index (χ1v) is 6.85. The lowest BCUT2D eigenvalue weighted by Crippen LogP contribution is -2.15. The van der Waals surface area contributed by atoms with Gasteiger partial charge in [0.1, 0.15) is 0 Å². The molecule has 86 valence electrons. The molecule has 0 saturated carbocycles. The highest BCUT2D eigenvalue weighted by atomic mass is 32.2. The zero-order valence-electron chi connectivity index (χ0n) is 10.3. The first-order chi connectivity index (χ1) is 7.03. The molecule has 1 atom stereocenters. The quantitative estimate of drug-likeness (QED) is 0.513. The van der Waals surface area contributed by atoms with Gasteiger partial charge in [-0.15, -0.1) is 18.3 Å². The maximum absolute atomic E-state index is 4.82. The lowest BCUT2D eigenvalue weighted by molar-refractivity contribution is 0.558. The van der Waals surface area contributed by atoms with E-state index < -0.39 is 0 Å². The summed E-state index contributed by atoms with van der Waals surface area (Å²) in [6.45, 7) is 10.3. The van der Waals surface area contributed by atoms with E-state index in [-0.39, 0.29) is 5.54 Å². The number of unbranched alkanes of at least 4 members (excludes halogenated alkanes) is 1. The van der Waals surface area contributed by atoms with Crippen molar-refractivity contribution in [2.75, 3.05) is 5.75 Å². The second kappa shape index (κ2) is 5.74. The van der Waals surface area contributed by atoms with Crippen molar-refractivity contribution in [3.8, 4) is 0 Å². The fraction of sp³-hybridized carbons (Fsp3) is 0.769. The monoisotopic (exact) mass is 225 g/mol. The standard InChI is InChI=1S/C13H23NS/c1-5-6-7-8-11-9-10-15-12(11)14-13(2,3)4/h5,11H,1,6-10H2,2-4H3. The topological polar surface area (TPSA) is 12.4 Å². The van der Waals surface area contributed by atoms with Crippen LogP contribution in [0.5, 0.6) is 0 Å². The molecule has 0 aliphatic carbocycles. The molecular weight excluding hydrogens is 202 g/mol. The largest absolute Gasteiger partial charge is 0.277 e. The van der Waals surface area contributed by atoms with E-state index in [4.69, 9.17) is 4.99 Å². The van der Waals surface area contributed by atoms with Crippen molar-refractivity contribution < 1.29 is 0 Å². The molecule has 0 bridgehead atoms. The Kier molecular flexibility index (Phi) is 4.91. The molecule has 1 fully saturated rings. The fourth-order valence-corrected chi connectivity index (χ4v) is 3.20. The number of rotatable bonds is 4. The number of nitrogens with zero attached hydrogens (tertiary/aromatic N) is 1. The molecule has 2 heteroatoms. The van der Waals surface area contributed by atoms with E-state index in [0.29, 0.717) is 0 Å². The second-order valence-corrected chi connectivity index (χ2v) is 6.29. The molecule has 1 saturated heterocycles. The van der Waals surface area contributed by atoms with Crippen molar-refractivity contribution in [2.24, 2.45) is 10.9 Å². The molecule has 0 aromatic carbocycles. The minimum Gasteiger partial charge on any atom is -0.277 e. The Balaban J connectivity index is 2.49. The van der Waals surface area contributed by atoms with E-state index >= 15 is 0 Å². The van der Waals surface area contributed by atoms with Gasteiger partial charge in [0.2, 0.25) is 0 Å². The number of aliphatic imine (C=N–C) groups is 1. The van der Waals surface area contributed by atoms with Crippen LogP contribution < -0.4 is 0 Å². The van der Waals surface area contributed by atoms with Crippen LogP contribution in [0, 0.1) is 5.92 Å². The van der Waals surface area contributed by atoms with Crippen molar-refractivity contribution in [3.05, 3.63) is 12.7 Å². The number of hydrogen-bond acceptors (Lipinski definition) is 2. The molecule has 0 aromatic rings. The summed E-state index contributed by atoms with van der Waals surface area (Å²) in [7, 11) is 0. The summed E-state index contributed by atoms with van der Waals surface area (Å²) >= 11 is 1.96. The van der Waals surface area contributed by atoms with Gasteiger partial charge in [0.15, 0.2) is 0 Å². The van der Waals surface area contributed by atoms with Crippen LogP contribution in [-0.4, -0.2) is 16.3 Å². The lowest BCUT2D eigenvalue weighted by Gasteiger charge is -2.16. The number of thioether (sulfide) groups is 1. The summed E-state index contributed by atoms with van der Waals surface area (Å²) in [5, 5.41) is 1.39. The summed E-state index contributed by atoms with van der Waals surface area (Å²) in [6, 6.07) is 0. The van der Waals surface area contributed by atoms with Crippen LogP contribution in [0.15, 0.2) is 17.6 Å². The zero-order chi connectivity index (χ0) is 11.3. The molecule has 0 spiro atoms. The highest BCUT2D eigenvalue weighted by Crippen LogP contribution is 2.32. The average Bonchev–Trinajstić information content (AvgIpc) is 2.50. The van der Waals surface area contributed by atoms with Crippen LogP contribution in [0.1, 0.15) is 46.5 Å². The Morgan fingerprint density at radius 2 is 2.27 bits per heavy atom. The van der Waals surface area contributed by atoms with Crippen molar-refractivity contribution in [2.45, 2.75) is 52.0 Å². The van der Waals surface area contributed by atoms with Crippen LogP contribution in [-0.2, 0) is 0 Å². The van der Waals surface area contributed by atoms with Crippen molar-refractivity contribution in [1.29, 1.82) is 0 Å². The fourth-order valence-electron chi connectivity index (χ4n) is 1.78. The molecule has 1 unspecified atom stereocenters. The Bertz CT molecular complexity index is 237. The summed E-state index contributed by atoms with van der Waals surface area (Å²) in [5.41, 5.74) is 0.0867. The lowest BCUT2D eigenvalue weighted by atomic mass is 10.00. The van der Waals surface area contributed by atoms with E-state index in [0.717, 1.165) is 12.3 Å². The first-order valence-electron chi connectivity index (χ1n) is 5.86. The van der Waals surface area contributed by atoms with E-state index in [1.807, 2.05) is 17.8 Å². The minimum absolute atomic E-state index is 0.0867. The van der Waals surface area contributed by atoms with Crippen LogP contribution in [0.4, 0.5) is 0 Å². The van der Waals surface area contributed by atoms with Gasteiger partial charge in [-0.25, -0.2) is 0 Å². The van der Waals surface area contributed by atoms with Crippen molar-refractivity contribution in [1.82, 2.24) is 0 Å². The molecule has 0 aromatic heterocycles. The third-order valence-corrected chi connectivity index (χ3v) is 3.63. The van der Waals surface area contributed by atoms with Gasteiger partial charge in [-0.1, -0.05) is 6.08 Å². The molecule has 0 N–H and O–H groups in total. The first kappa shape index (κ1) is 12.8. The second-order valence-electron chi connectivity index (χ2n) is 5.17. The minimum atomic E-state index is 0.0867. The average molecular weight is 225 g/mol. The Labute approximate surface area is 98.4 Å². The third-order valence-electron chi connectivity index (χ3n) is 2.47. The van der Waals surface area contributed by atoms with E-state index in [1.54, 1.807) is 0 Å². The van der Waals surface area contributed by atoms with Crippen molar-refractivity contribution >= 4 is 16.8 Å². The van der Waals surface area contributed by atoms with Crippen LogP contribution in [0.2, 0.25) is 0 Å². The molecule has 0 radical (unpaired) electrons. The predicted molar refractivity (Wildman–Crippen MR) is 71.8 cm³/mol. The van der Waals surface area contributed by atoms with Crippen LogP contribution >= 0.6 is 11.8 Å². The Morgan fingerprint density at radius 3 is 2.87 bits per heavy atom. The summed E-state index contributed by atoms with van der Waals surface area (Å²) in [4.78, 5) is 4.82. The Hall–Kier alpha value is -0.240. The van der Waals surface area contributed by atoms with Gasteiger partial charge < -0.3 is 0 Å². The summed E-state index contributed by atoms with van der Waals surface area (Å²) in [5.74, 6) is 1.99. The van der Waals surface area contributed by atoms with Gasteiger partial charge in [0.05, 0.1) is 10.6 Å². The van der Waals surface area contributed by atoms with Crippen LogP contribution in [0.25, 0.3) is 0 Å². The third kappa shape index (κ3) is 4.87. The van der Waals surface area contributed by atoms with Crippen LogP contribution in [0.3, 0.4) is 0 Å². The molecule has 1 nitrogen and oxygen atoms in total. The zero-order valence-corrected chi connectivity index (χ0v) is 11.1. The van der Waals surface area contributed by atoms with E-state index in [9.17, 15) is 0 Å². The summed E-state index contributed by atoms with van der Waals surface area (Å²) in [6.07, 6.45) is 7.02. The van der Waals surface area contributed by atoms with Gasteiger partial charge in [-0.2, -0.15) is 0 Å².